The first-order valence-corrected chi connectivity index (χ1v) is 11.6. The summed E-state index contributed by atoms with van der Waals surface area (Å²) in [4.78, 5) is 21.4. The van der Waals surface area contributed by atoms with Gasteiger partial charge < -0.3 is 19.9 Å². The molecule has 2 fully saturated rings. The Balaban J connectivity index is 1.19. The van der Waals surface area contributed by atoms with Crippen LogP contribution in [0.25, 0.3) is 0 Å². The maximum Gasteiger partial charge on any atom is 0.231 e. The van der Waals surface area contributed by atoms with E-state index in [0.717, 1.165) is 62.1 Å². The maximum absolute atomic E-state index is 12.5. The summed E-state index contributed by atoms with van der Waals surface area (Å²) in [6.07, 6.45) is 7.26. The molecular weight excluding hydrogens is 388 g/mol. The van der Waals surface area contributed by atoms with E-state index in [2.05, 4.69) is 33.9 Å². The van der Waals surface area contributed by atoms with Crippen LogP contribution in [0.5, 0.6) is 5.75 Å². The predicted molar refractivity (Wildman–Crippen MR) is 125 cm³/mol. The highest BCUT2D eigenvalue weighted by Gasteiger charge is 2.33. The lowest BCUT2D eigenvalue weighted by Crippen LogP contribution is -2.52. The third-order valence-corrected chi connectivity index (χ3v) is 6.49. The van der Waals surface area contributed by atoms with Crippen LogP contribution in [-0.2, 0) is 4.79 Å². The Bertz CT molecular complexity index is 828. The van der Waals surface area contributed by atoms with E-state index in [1.807, 2.05) is 42.6 Å². The van der Waals surface area contributed by atoms with Crippen molar-refractivity contribution in [2.45, 2.75) is 39.2 Å². The van der Waals surface area contributed by atoms with Crippen LogP contribution >= 0.6 is 0 Å². The van der Waals surface area contributed by atoms with E-state index in [1.165, 1.54) is 13.0 Å². The molecule has 2 aliphatic heterocycles. The van der Waals surface area contributed by atoms with Crippen LogP contribution in [0.3, 0.4) is 0 Å². The molecule has 1 aromatic heterocycles. The van der Waals surface area contributed by atoms with Crippen molar-refractivity contribution in [2.24, 2.45) is 11.8 Å². The number of carbonyl (C=O) groups is 1. The van der Waals surface area contributed by atoms with Crippen molar-refractivity contribution in [3.8, 4) is 5.75 Å². The number of hydrogen-bond acceptors (Lipinski definition) is 5. The topological polar surface area (TPSA) is 57.7 Å². The van der Waals surface area contributed by atoms with Crippen LogP contribution in [0.15, 0.2) is 48.8 Å². The molecule has 2 aliphatic rings. The van der Waals surface area contributed by atoms with E-state index in [1.54, 1.807) is 6.20 Å². The third kappa shape index (κ3) is 5.76. The molecule has 0 bridgehead atoms. The number of amides is 1. The van der Waals surface area contributed by atoms with E-state index >= 15 is 0 Å². The quantitative estimate of drug-likeness (QED) is 0.696. The maximum atomic E-state index is 12.5. The number of carbonyl (C=O) groups excluding carboxylic acids is 1. The summed E-state index contributed by atoms with van der Waals surface area (Å²) in [6.45, 7) is 9.46. The Morgan fingerprint density at radius 3 is 2.58 bits per heavy atom. The van der Waals surface area contributed by atoms with Crippen LogP contribution < -0.4 is 15.0 Å². The molecule has 4 rings (SSSR count). The number of ether oxygens (including phenoxy) is 1. The van der Waals surface area contributed by atoms with Gasteiger partial charge in [0.25, 0.3) is 0 Å². The monoisotopic (exact) mass is 422 g/mol. The average Bonchev–Trinajstić information content (AvgIpc) is 2.76. The van der Waals surface area contributed by atoms with Crippen molar-refractivity contribution >= 4 is 17.3 Å². The Hall–Kier alpha value is -2.60. The molecule has 1 aromatic carbocycles. The molecular formula is C25H34N4O2. The molecule has 0 spiro atoms. The van der Waals surface area contributed by atoms with Gasteiger partial charge in [0.05, 0.1) is 17.8 Å². The smallest absolute Gasteiger partial charge is 0.231 e. The molecule has 3 heterocycles. The van der Waals surface area contributed by atoms with Crippen molar-refractivity contribution in [3.05, 3.63) is 48.8 Å². The number of aromatic nitrogens is 1. The molecule has 6 nitrogen and oxygen atoms in total. The first-order chi connectivity index (χ1) is 15.1. The van der Waals surface area contributed by atoms with Crippen molar-refractivity contribution in [1.82, 2.24) is 9.88 Å². The van der Waals surface area contributed by atoms with Gasteiger partial charge in [0.2, 0.25) is 5.91 Å². The molecule has 0 saturated carbocycles. The summed E-state index contributed by atoms with van der Waals surface area (Å²) in [5.74, 6) is 1.72. The Morgan fingerprint density at radius 2 is 1.94 bits per heavy atom. The summed E-state index contributed by atoms with van der Waals surface area (Å²) in [5.41, 5.74) is 1.89. The molecule has 31 heavy (non-hydrogen) atoms. The normalized spacial score (nSPS) is 19.0. The second-order valence-electron chi connectivity index (χ2n) is 8.96. The summed E-state index contributed by atoms with van der Waals surface area (Å²) < 4.78 is 6.19. The van der Waals surface area contributed by atoms with Crippen LogP contribution in [-0.4, -0.2) is 54.6 Å². The zero-order valence-electron chi connectivity index (χ0n) is 18.7. The van der Waals surface area contributed by atoms with Gasteiger partial charge in [0.1, 0.15) is 11.9 Å². The second-order valence-corrected chi connectivity index (χ2v) is 8.96. The number of nitrogens with one attached hydrogen (secondary N) is 1. The zero-order valence-corrected chi connectivity index (χ0v) is 18.7. The first kappa shape index (κ1) is 21.6. The van der Waals surface area contributed by atoms with Crippen molar-refractivity contribution in [3.63, 3.8) is 0 Å². The zero-order chi connectivity index (χ0) is 21.6. The van der Waals surface area contributed by atoms with E-state index in [9.17, 15) is 4.79 Å². The molecule has 1 unspecified atom stereocenters. The van der Waals surface area contributed by atoms with Gasteiger partial charge in [-0.1, -0.05) is 20.3 Å². The summed E-state index contributed by atoms with van der Waals surface area (Å²) in [7, 11) is 0. The highest BCUT2D eigenvalue weighted by atomic mass is 16.5. The van der Waals surface area contributed by atoms with Gasteiger partial charge in [-0.3, -0.25) is 9.78 Å². The van der Waals surface area contributed by atoms with E-state index in [0.29, 0.717) is 0 Å². The molecule has 6 heteroatoms. The molecule has 166 valence electrons. The number of nitrogens with zero attached hydrogens (tertiary/aromatic N) is 3. The number of likely N-dealkylation sites (tertiary alicyclic amines) is 1. The minimum atomic E-state index is 0.0109. The number of anilines is 2. The second kappa shape index (κ2) is 10.1. The lowest BCUT2D eigenvalue weighted by atomic mass is 9.98. The predicted octanol–water partition coefficient (Wildman–Crippen LogP) is 4.05. The highest BCUT2D eigenvalue weighted by Crippen LogP contribution is 2.26. The van der Waals surface area contributed by atoms with Gasteiger partial charge in [-0.25, -0.2) is 0 Å². The fraction of sp³-hybridized carbons (Fsp3) is 0.520. The first-order valence-electron chi connectivity index (χ1n) is 11.6. The summed E-state index contributed by atoms with van der Waals surface area (Å²) in [6, 6.07) is 11.7. The van der Waals surface area contributed by atoms with Gasteiger partial charge in [-0.05, 0) is 55.2 Å². The lowest BCUT2D eigenvalue weighted by molar-refractivity contribution is -0.120. The van der Waals surface area contributed by atoms with E-state index in [-0.39, 0.29) is 17.9 Å². The van der Waals surface area contributed by atoms with Crippen LogP contribution in [0, 0.1) is 11.8 Å². The number of pyridine rings is 1. The number of rotatable bonds is 8. The minimum Gasteiger partial charge on any atom is -0.490 e. The van der Waals surface area contributed by atoms with Crippen LogP contribution in [0.2, 0.25) is 0 Å². The Kier molecular flexibility index (Phi) is 7.07. The van der Waals surface area contributed by atoms with E-state index in [4.69, 9.17) is 4.74 Å². The number of piperidine rings is 1. The number of benzene rings is 1. The molecule has 1 atom stereocenters. The summed E-state index contributed by atoms with van der Waals surface area (Å²) >= 11 is 0. The van der Waals surface area contributed by atoms with Crippen LogP contribution in [0.4, 0.5) is 11.4 Å². The van der Waals surface area contributed by atoms with Gasteiger partial charge in [-0.2, -0.15) is 0 Å². The van der Waals surface area contributed by atoms with Crippen molar-refractivity contribution in [1.29, 1.82) is 0 Å². The van der Waals surface area contributed by atoms with Crippen LogP contribution in [0.1, 0.15) is 33.1 Å². The molecule has 1 amide bonds. The van der Waals surface area contributed by atoms with Gasteiger partial charge >= 0.3 is 0 Å². The lowest BCUT2D eigenvalue weighted by Gasteiger charge is -2.39. The average molecular weight is 423 g/mol. The third-order valence-electron chi connectivity index (χ3n) is 6.49. The van der Waals surface area contributed by atoms with Gasteiger partial charge in [0, 0.05) is 44.6 Å². The summed E-state index contributed by atoms with van der Waals surface area (Å²) in [5, 5.41) is 3.03. The van der Waals surface area contributed by atoms with Crippen molar-refractivity contribution in [2.75, 3.05) is 42.9 Å². The molecule has 2 saturated heterocycles. The SMILES string of the molecule is CCC(C)CN1CCC(Oc2ccc(NC(=O)C3CN(c4cccnc4)C3)cc2)CC1. The Morgan fingerprint density at radius 1 is 1.19 bits per heavy atom. The van der Waals surface area contributed by atoms with E-state index < -0.39 is 0 Å². The Labute approximate surface area is 185 Å². The van der Waals surface area contributed by atoms with Crippen molar-refractivity contribution < 1.29 is 9.53 Å². The molecule has 2 aromatic rings. The largest absolute Gasteiger partial charge is 0.490 e. The fourth-order valence-electron chi connectivity index (χ4n) is 4.23. The highest BCUT2D eigenvalue weighted by molar-refractivity contribution is 5.94. The molecule has 1 N–H and O–H groups in total. The minimum absolute atomic E-state index is 0.0109. The molecule has 0 aliphatic carbocycles. The van der Waals surface area contributed by atoms with Gasteiger partial charge in [-0.15, -0.1) is 0 Å². The fourth-order valence-corrected chi connectivity index (χ4v) is 4.23. The number of hydrogen-bond donors (Lipinski definition) is 1. The van der Waals surface area contributed by atoms with Gasteiger partial charge in [0.15, 0.2) is 0 Å². The molecule has 0 radical (unpaired) electrons. The standard InChI is InChI=1S/C25H34N4O2/c1-3-19(2)16-28-13-10-24(11-14-28)31-23-8-6-21(7-9-23)27-25(30)20-17-29(18-20)22-5-4-12-26-15-22/h4-9,12,15,19-20,24H,3,10-11,13-14,16-18H2,1-2H3,(H,27,30).